The van der Waals surface area contributed by atoms with E-state index >= 15 is 0 Å². The first-order chi connectivity index (χ1) is 12.7. The van der Waals surface area contributed by atoms with Gasteiger partial charge >= 0.3 is 0 Å². The molecule has 1 aromatic carbocycles. The van der Waals surface area contributed by atoms with Crippen molar-refractivity contribution < 1.29 is 4.79 Å². The number of carbonyl (C=O) groups excluding carboxylic acids is 1. The highest BCUT2D eigenvalue weighted by molar-refractivity contribution is 5.98. The largest absolute Gasteiger partial charge is 0.361 e. The second-order valence-electron chi connectivity index (χ2n) is 7.11. The number of hydrogen-bond acceptors (Lipinski definition) is 4. The molecule has 0 aliphatic heterocycles. The third kappa shape index (κ3) is 3.62. The van der Waals surface area contributed by atoms with E-state index in [9.17, 15) is 4.79 Å². The number of H-pyrrole nitrogens is 1. The summed E-state index contributed by atoms with van der Waals surface area (Å²) in [4.78, 5) is 27.0. The van der Waals surface area contributed by atoms with Gasteiger partial charge in [0.15, 0.2) is 5.78 Å². The van der Waals surface area contributed by atoms with Crippen LogP contribution in [0, 0.1) is 5.92 Å². The van der Waals surface area contributed by atoms with Crippen LogP contribution in [0.3, 0.4) is 0 Å². The first-order valence-corrected chi connectivity index (χ1v) is 9.39. The van der Waals surface area contributed by atoms with Crippen LogP contribution in [0.25, 0.3) is 10.9 Å². The van der Waals surface area contributed by atoms with Gasteiger partial charge in [0.1, 0.15) is 17.8 Å². The maximum atomic E-state index is 12.8. The lowest BCUT2D eigenvalue weighted by Gasteiger charge is -2.23. The zero-order valence-electron chi connectivity index (χ0n) is 15.1. The van der Waals surface area contributed by atoms with Crippen molar-refractivity contribution >= 4 is 22.5 Å². The Kier molecular flexibility index (Phi) is 4.69. The molecule has 2 aromatic heterocycles. The van der Waals surface area contributed by atoms with Gasteiger partial charge in [-0.25, -0.2) is 9.97 Å². The number of aromatic nitrogens is 3. The monoisotopic (exact) mass is 348 g/mol. The molecule has 0 atom stereocenters. The first kappa shape index (κ1) is 16.8. The van der Waals surface area contributed by atoms with Crippen LogP contribution in [0.1, 0.15) is 42.2 Å². The van der Waals surface area contributed by atoms with Gasteiger partial charge in [-0.15, -0.1) is 0 Å². The van der Waals surface area contributed by atoms with Crippen LogP contribution in [0.15, 0.2) is 42.9 Å². The highest BCUT2D eigenvalue weighted by Crippen LogP contribution is 2.31. The van der Waals surface area contributed by atoms with Crippen LogP contribution in [-0.2, 0) is 6.42 Å². The van der Waals surface area contributed by atoms with E-state index in [1.165, 1.54) is 19.2 Å². The summed E-state index contributed by atoms with van der Waals surface area (Å²) in [5, 5.41) is 1.09. The molecule has 5 nitrogen and oxygen atoms in total. The minimum atomic E-state index is 0.0326. The molecule has 1 fully saturated rings. The number of carbonyl (C=O) groups is 1. The van der Waals surface area contributed by atoms with E-state index in [1.54, 1.807) is 0 Å². The third-order valence-corrected chi connectivity index (χ3v) is 4.97. The summed E-state index contributed by atoms with van der Waals surface area (Å²) in [6.07, 6.45) is 7.45. The number of nitrogens with one attached hydrogen (secondary N) is 1. The summed E-state index contributed by atoms with van der Waals surface area (Å²) in [6.45, 7) is 4.16. The van der Waals surface area contributed by atoms with Gasteiger partial charge in [-0.1, -0.05) is 19.1 Å². The van der Waals surface area contributed by atoms with Gasteiger partial charge in [0.2, 0.25) is 0 Å². The van der Waals surface area contributed by atoms with E-state index in [0.717, 1.165) is 47.7 Å². The molecule has 0 bridgehead atoms. The number of fused-ring (bicyclic) bond motifs is 1. The van der Waals surface area contributed by atoms with Gasteiger partial charge in [-0.3, -0.25) is 4.79 Å². The molecule has 1 aliphatic rings. The fraction of sp³-hybridized carbons (Fsp3) is 0.381. The Morgan fingerprint density at radius 2 is 2.15 bits per heavy atom. The van der Waals surface area contributed by atoms with Crippen molar-refractivity contribution in [1.29, 1.82) is 0 Å². The van der Waals surface area contributed by atoms with Crippen LogP contribution in [0.2, 0.25) is 0 Å². The van der Waals surface area contributed by atoms with E-state index in [4.69, 9.17) is 0 Å². The van der Waals surface area contributed by atoms with Crippen LogP contribution in [0.4, 0.5) is 5.82 Å². The Bertz CT molecular complexity index is 913. The van der Waals surface area contributed by atoms with Gasteiger partial charge in [0, 0.05) is 42.7 Å². The maximum absolute atomic E-state index is 12.8. The highest BCUT2D eigenvalue weighted by Gasteiger charge is 2.25. The Morgan fingerprint density at radius 3 is 2.96 bits per heavy atom. The van der Waals surface area contributed by atoms with Crippen molar-refractivity contribution in [3.8, 4) is 0 Å². The summed E-state index contributed by atoms with van der Waals surface area (Å²) in [6, 6.07) is 9.88. The third-order valence-electron chi connectivity index (χ3n) is 4.97. The summed E-state index contributed by atoms with van der Waals surface area (Å²) < 4.78 is 0. The molecule has 5 heteroatoms. The molecule has 134 valence electrons. The number of aromatic amines is 1. The molecular formula is C21H24N4O. The minimum absolute atomic E-state index is 0.0326. The average Bonchev–Trinajstić information content (AvgIpc) is 3.34. The maximum Gasteiger partial charge on any atom is 0.185 e. The van der Waals surface area contributed by atoms with Crippen LogP contribution in [0.5, 0.6) is 0 Å². The lowest BCUT2D eigenvalue weighted by Crippen LogP contribution is -2.27. The number of Topliss-reactive ketones (excluding diaryl/α,β-unsaturated/α-hetero) is 1. The van der Waals surface area contributed by atoms with Crippen LogP contribution in [-0.4, -0.2) is 33.8 Å². The lowest BCUT2D eigenvalue weighted by molar-refractivity contribution is 0.0988. The van der Waals surface area contributed by atoms with E-state index in [2.05, 4.69) is 26.8 Å². The molecule has 26 heavy (non-hydrogen) atoms. The molecule has 2 heterocycles. The fourth-order valence-electron chi connectivity index (χ4n) is 3.42. The molecule has 3 aromatic rings. The Hall–Kier alpha value is -2.69. The van der Waals surface area contributed by atoms with Crippen LogP contribution >= 0.6 is 0 Å². The Morgan fingerprint density at radius 1 is 1.27 bits per heavy atom. The highest BCUT2D eigenvalue weighted by atomic mass is 16.1. The number of benzene rings is 1. The zero-order chi connectivity index (χ0) is 17.9. The molecule has 4 rings (SSSR count). The Balaban J connectivity index is 1.55. The summed E-state index contributed by atoms with van der Waals surface area (Å²) >= 11 is 0. The Labute approximate surface area is 153 Å². The van der Waals surface area contributed by atoms with Gasteiger partial charge in [-0.05, 0) is 42.9 Å². The number of hydrogen-bond donors (Lipinski definition) is 1. The summed E-state index contributed by atoms with van der Waals surface area (Å²) in [5.41, 5.74) is 2.58. The second kappa shape index (κ2) is 7.28. The smallest absolute Gasteiger partial charge is 0.185 e. The van der Waals surface area contributed by atoms with Crippen molar-refractivity contribution in [1.82, 2.24) is 15.0 Å². The van der Waals surface area contributed by atoms with Crippen molar-refractivity contribution in [3.05, 3.63) is 54.1 Å². The predicted octanol–water partition coefficient (Wildman–Crippen LogP) is 4.01. The predicted molar refractivity (Wildman–Crippen MR) is 104 cm³/mol. The quantitative estimate of drug-likeness (QED) is 0.625. The van der Waals surface area contributed by atoms with Crippen molar-refractivity contribution in [2.45, 2.75) is 32.6 Å². The minimum Gasteiger partial charge on any atom is -0.361 e. The zero-order valence-corrected chi connectivity index (χ0v) is 15.1. The van der Waals surface area contributed by atoms with Crippen LogP contribution < -0.4 is 4.90 Å². The first-order valence-electron chi connectivity index (χ1n) is 9.39. The van der Waals surface area contributed by atoms with E-state index < -0.39 is 0 Å². The molecule has 1 N–H and O–H groups in total. The normalized spacial score (nSPS) is 13.9. The molecule has 1 aliphatic carbocycles. The number of rotatable bonds is 8. The number of anilines is 1. The van der Waals surface area contributed by atoms with E-state index in [1.807, 2.05) is 36.5 Å². The number of nitrogens with zero attached hydrogens (tertiary/aromatic N) is 3. The van der Waals surface area contributed by atoms with Crippen molar-refractivity contribution in [2.24, 2.45) is 5.92 Å². The average molecular weight is 348 g/mol. The van der Waals surface area contributed by atoms with Gasteiger partial charge in [0.25, 0.3) is 0 Å². The molecule has 0 amide bonds. The topological polar surface area (TPSA) is 61.9 Å². The molecule has 0 saturated heterocycles. The summed E-state index contributed by atoms with van der Waals surface area (Å²) in [7, 11) is 0. The van der Waals surface area contributed by atoms with Crippen molar-refractivity contribution in [3.63, 3.8) is 0 Å². The van der Waals surface area contributed by atoms with E-state index in [-0.39, 0.29) is 5.78 Å². The molecule has 1 saturated carbocycles. The second-order valence-corrected chi connectivity index (χ2v) is 7.11. The molecule has 0 spiro atoms. The molecule has 0 unspecified atom stereocenters. The summed E-state index contributed by atoms with van der Waals surface area (Å²) in [5.74, 6) is 1.68. The van der Waals surface area contributed by atoms with Gasteiger partial charge < -0.3 is 9.88 Å². The van der Waals surface area contributed by atoms with Gasteiger partial charge in [0.05, 0.1) is 0 Å². The van der Waals surface area contributed by atoms with Gasteiger partial charge in [-0.2, -0.15) is 0 Å². The molecule has 0 radical (unpaired) electrons. The van der Waals surface area contributed by atoms with E-state index in [0.29, 0.717) is 12.1 Å². The standard InChI is InChI=1S/C21H24N4O/c1-2-10-25(13-15-6-7-15)21-12-19(23-14-24-21)20(26)11-16-4-3-5-18-17(16)8-9-22-18/h3-5,8-9,12,14-15,22H,2,6-7,10-11,13H2,1H3. The lowest BCUT2D eigenvalue weighted by atomic mass is 10.0. The fourth-order valence-corrected chi connectivity index (χ4v) is 3.42. The number of ketones is 1. The van der Waals surface area contributed by atoms with Crippen molar-refractivity contribution in [2.75, 3.05) is 18.0 Å². The molecular weight excluding hydrogens is 324 g/mol. The SMILES string of the molecule is CCCN(CC1CC1)c1cc(C(=O)Cc2cccc3[nH]ccc23)ncn1.